The largest absolute Gasteiger partial charge is 0.477 e. The second-order valence-corrected chi connectivity index (χ2v) is 12.4. The highest BCUT2D eigenvalue weighted by Gasteiger charge is 2.45. The van der Waals surface area contributed by atoms with Gasteiger partial charge < -0.3 is 19.3 Å². The zero-order chi connectivity index (χ0) is 28.9. The van der Waals surface area contributed by atoms with E-state index in [1.54, 1.807) is 61.5 Å². The van der Waals surface area contributed by atoms with E-state index in [2.05, 4.69) is 5.32 Å². The van der Waals surface area contributed by atoms with Gasteiger partial charge in [-0.05, 0) is 85.9 Å². The fraction of sp³-hybridized carbons (Fsp3) is 0.655. The number of hydrogen-bond acceptors (Lipinski definition) is 8. The summed E-state index contributed by atoms with van der Waals surface area (Å²) in [4.78, 5) is 50.9. The smallest absolute Gasteiger partial charge is 0.364 e. The van der Waals surface area contributed by atoms with E-state index in [1.807, 2.05) is 0 Å². The molecule has 2 N–H and O–H groups in total. The van der Waals surface area contributed by atoms with Crippen molar-refractivity contribution >= 4 is 23.9 Å². The van der Waals surface area contributed by atoms with Crippen LogP contribution in [0.4, 0.5) is 0 Å². The highest BCUT2D eigenvalue weighted by Crippen LogP contribution is 2.34. The maximum atomic E-state index is 13.0. The molecule has 2 rings (SSSR count). The van der Waals surface area contributed by atoms with Gasteiger partial charge in [0.2, 0.25) is 0 Å². The van der Waals surface area contributed by atoms with Crippen LogP contribution in [0, 0.1) is 16.7 Å². The number of esters is 3. The highest BCUT2D eigenvalue weighted by atomic mass is 16.6. The van der Waals surface area contributed by atoms with E-state index in [0.717, 1.165) is 19.3 Å². The normalized spacial score (nSPS) is 16.4. The van der Waals surface area contributed by atoms with Gasteiger partial charge in [0, 0.05) is 12.5 Å². The first-order valence-electron chi connectivity index (χ1n) is 13.3. The number of rotatable bonds is 9. The molecule has 1 aliphatic carbocycles. The first kappa shape index (κ1) is 31.3. The number of nitrogens with one attached hydrogen (secondary N) is 1. The summed E-state index contributed by atoms with van der Waals surface area (Å²) in [6, 6.07) is 4.14. The van der Waals surface area contributed by atoms with E-state index in [1.165, 1.54) is 12.1 Å². The third kappa shape index (κ3) is 8.55. The minimum Gasteiger partial charge on any atom is -0.477 e. The lowest BCUT2D eigenvalue weighted by atomic mass is 9.89. The van der Waals surface area contributed by atoms with Crippen LogP contribution in [0.25, 0.3) is 0 Å². The Morgan fingerprint density at radius 2 is 1.42 bits per heavy atom. The summed E-state index contributed by atoms with van der Waals surface area (Å²) in [5.74, 6) is -3.32. The number of carboxylic acids is 1. The Bertz CT molecular complexity index is 1030. The average Bonchev–Trinajstić information content (AvgIpc) is 2.79. The summed E-state index contributed by atoms with van der Waals surface area (Å²) in [6.07, 6.45) is 3.92. The number of benzene rings is 1. The molecule has 0 amide bonds. The molecule has 1 aromatic rings. The second kappa shape index (κ2) is 12.3. The van der Waals surface area contributed by atoms with Crippen molar-refractivity contribution in [3.05, 3.63) is 23.8 Å². The zero-order valence-corrected chi connectivity index (χ0v) is 23.9. The topological polar surface area (TPSA) is 128 Å². The Hall–Kier alpha value is -2.94. The van der Waals surface area contributed by atoms with Gasteiger partial charge in [0.1, 0.15) is 0 Å². The van der Waals surface area contributed by atoms with Gasteiger partial charge in [0.25, 0.3) is 5.72 Å². The van der Waals surface area contributed by atoms with Crippen molar-refractivity contribution in [2.75, 3.05) is 0 Å². The molecule has 0 unspecified atom stereocenters. The minimum atomic E-state index is -2.04. The molecule has 0 saturated heterocycles. The lowest BCUT2D eigenvalue weighted by Crippen LogP contribution is -2.59. The summed E-state index contributed by atoms with van der Waals surface area (Å²) in [5.41, 5.74) is -3.29. The highest BCUT2D eigenvalue weighted by molar-refractivity contribution is 5.83. The molecule has 1 aromatic carbocycles. The molecule has 0 heterocycles. The van der Waals surface area contributed by atoms with Crippen molar-refractivity contribution in [2.24, 2.45) is 16.7 Å². The van der Waals surface area contributed by atoms with Crippen LogP contribution >= 0.6 is 0 Å². The van der Waals surface area contributed by atoms with E-state index >= 15 is 0 Å². The monoisotopic (exact) mass is 533 g/mol. The van der Waals surface area contributed by atoms with E-state index in [-0.39, 0.29) is 29.9 Å². The van der Waals surface area contributed by atoms with Crippen molar-refractivity contribution in [3.8, 4) is 11.5 Å². The number of aliphatic carboxylic acids is 1. The number of hydrogen-bond donors (Lipinski definition) is 2. The summed E-state index contributed by atoms with van der Waals surface area (Å²) in [7, 11) is 0. The molecule has 9 nitrogen and oxygen atoms in total. The predicted molar refractivity (Wildman–Crippen MR) is 142 cm³/mol. The minimum absolute atomic E-state index is 0.0255. The van der Waals surface area contributed by atoms with Crippen molar-refractivity contribution in [2.45, 2.75) is 106 Å². The summed E-state index contributed by atoms with van der Waals surface area (Å²) < 4.78 is 16.9. The standard InChI is InChI=1S/C29H43NO8/c1-18(2)30-29(24(32)33,38-23(31)20-12-10-9-11-13-20)17-19-14-15-21(36-25(34)27(3,4)5)22(16-19)37-26(35)28(6,7)8/h14-16,18,20,30H,9-13,17H2,1-8H3,(H,32,33)/t29-/m0/s1. The fourth-order valence-electron chi connectivity index (χ4n) is 3.98. The lowest BCUT2D eigenvalue weighted by Gasteiger charge is -2.34. The SMILES string of the molecule is CC(C)N[C@@](Cc1ccc(OC(=O)C(C)(C)C)c(OC(=O)C(C)(C)C)c1)(OC(=O)C1CCCCC1)C(=O)O. The van der Waals surface area contributed by atoms with Crippen molar-refractivity contribution in [1.29, 1.82) is 0 Å². The Kier molecular flexibility index (Phi) is 10.1. The van der Waals surface area contributed by atoms with Gasteiger partial charge in [-0.3, -0.25) is 19.7 Å². The Labute approximate surface area is 225 Å². The zero-order valence-electron chi connectivity index (χ0n) is 23.9. The van der Waals surface area contributed by atoms with E-state index < -0.39 is 40.4 Å². The predicted octanol–water partition coefficient (Wildman–Crippen LogP) is 5.03. The van der Waals surface area contributed by atoms with Gasteiger partial charge in [-0.15, -0.1) is 0 Å². The third-order valence-electron chi connectivity index (χ3n) is 6.17. The first-order valence-corrected chi connectivity index (χ1v) is 13.3. The molecule has 38 heavy (non-hydrogen) atoms. The van der Waals surface area contributed by atoms with E-state index in [4.69, 9.17) is 14.2 Å². The van der Waals surface area contributed by atoms with Crippen LogP contribution < -0.4 is 14.8 Å². The molecule has 0 aliphatic heterocycles. The van der Waals surface area contributed by atoms with Crippen LogP contribution in [0.2, 0.25) is 0 Å². The van der Waals surface area contributed by atoms with Crippen molar-refractivity contribution in [3.63, 3.8) is 0 Å². The number of ether oxygens (including phenoxy) is 3. The van der Waals surface area contributed by atoms with Gasteiger partial charge in [0.05, 0.1) is 16.7 Å². The molecule has 212 valence electrons. The second-order valence-electron chi connectivity index (χ2n) is 12.4. The molecule has 1 saturated carbocycles. The molecule has 1 aliphatic rings. The molecule has 9 heteroatoms. The molecule has 1 atom stereocenters. The Morgan fingerprint density at radius 3 is 1.89 bits per heavy atom. The van der Waals surface area contributed by atoms with Gasteiger partial charge in [-0.25, -0.2) is 4.79 Å². The van der Waals surface area contributed by atoms with Gasteiger partial charge in [-0.2, -0.15) is 0 Å². The van der Waals surface area contributed by atoms with Crippen LogP contribution in [0.3, 0.4) is 0 Å². The number of carbonyl (C=O) groups is 4. The van der Waals surface area contributed by atoms with E-state index in [9.17, 15) is 24.3 Å². The molecular weight excluding hydrogens is 490 g/mol. The van der Waals surface area contributed by atoms with Crippen molar-refractivity contribution < 1.29 is 38.5 Å². The summed E-state index contributed by atoms with van der Waals surface area (Å²) >= 11 is 0. The van der Waals surface area contributed by atoms with Crippen molar-refractivity contribution in [1.82, 2.24) is 5.32 Å². The quantitative estimate of drug-likeness (QED) is 0.255. The van der Waals surface area contributed by atoms with Crippen LogP contribution in [-0.2, 0) is 30.3 Å². The van der Waals surface area contributed by atoms with Crippen LogP contribution in [-0.4, -0.2) is 40.8 Å². The third-order valence-corrected chi connectivity index (χ3v) is 6.17. The maximum absolute atomic E-state index is 13.0. The Morgan fingerprint density at radius 1 is 0.895 bits per heavy atom. The molecule has 1 fully saturated rings. The average molecular weight is 534 g/mol. The van der Waals surface area contributed by atoms with Gasteiger partial charge in [0.15, 0.2) is 11.5 Å². The lowest BCUT2D eigenvalue weighted by molar-refractivity contribution is -0.188. The van der Waals surface area contributed by atoms with E-state index in [0.29, 0.717) is 18.4 Å². The number of carbonyl (C=O) groups excluding carboxylic acids is 3. The molecule has 0 radical (unpaired) electrons. The van der Waals surface area contributed by atoms with Crippen LogP contribution in [0.1, 0.15) is 93.1 Å². The fourth-order valence-corrected chi connectivity index (χ4v) is 3.98. The number of carboxylic acid groups (broad SMARTS) is 1. The molecule has 0 aromatic heterocycles. The molecular formula is C29H43NO8. The molecule has 0 bridgehead atoms. The summed E-state index contributed by atoms with van der Waals surface area (Å²) in [6.45, 7) is 13.7. The van der Waals surface area contributed by atoms with Crippen LogP contribution in [0.5, 0.6) is 11.5 Å². The maximum Gasteiger partial charge on any atom is 0.364 e. The molecule has 0 spiro atoms. The van der Waals surface area contributed by atoms with Gasteiger partial charge in [-0.1, -0.05) is 25.3 Å². The first-order chi connectivity index (χ1) is 17.4. The summed E-state index contributed by atoms with van der Waals surface area (Å²) in [5, 5.41) is 13.2. The van der Waals surface area contributed by atoms with Crippen LogP contribution in [0.15, 0.2) is 18.2 Å². The Balaban J connectivity index is 2.48. The van der Waals surface area contributed by atoms with Gasteiger partial charge >= 0.3 is 23.9 Å².